The highest BCUT2D eigenvalue weighted by Gasteiger charge is 2.36. The van der Waals surface area contributed by atoms with E-state index >= 15 is 0 Å². The van der Waals surface area contributed by atoms with Crippen LogP contribution in [0, 0.1) is 11.3 Å². The summed E-state index contributed by atoms with van der Waals surface area (Å²) in [7, 11) is 0. The fourth-order valence-corrected chi connectivity index (χ4v) is 2.66. The van der Waals surface area contributed by atoms with Gasteiger partial charge in [0.05, 0.1) is 0 Å². The van der Waals surface area contributed by atoms with Gasteiger partial charge in [0.2, 0.25) is 5.91 Å². The van der Waals surface area contributed by atoms with Gasteiger partial charge in [0.15, 0.2) is 0 Å². The van der Waals surface area contributed by atoms with Crippen molar-refractivity contribution < 1.29 is 4.79 Å². The minimum atomic E-state index is -0.210. The van der Waals surface area contributed by atoms with Gasteiger partial charge >= 0.3 is 0 Å². The number of amides is 1. The van der Waals surface area contributed by atoms with Crippen LogP contribution in [0.25, 0.3) is 0 Å². The van der Waals surface area contributed by atoms with Crippen LogP contribution in [0.5, 0.6) is 0 Å². The van der Waals surface area contributed by atoms with E-state index in [4.69, 9.17) is 0 Å². The van der Waals surface area contributed by atoms with Crippen LogP contribution >= 0.6 is 0 Å². The number of likely N-dealkylation sites (tertiary alicyclic amines) is 2. The molecular formula is C13H24N2O. The van der Waals surface area contributed by atoms with Crippen LogP contribution in [0.1, 0.15) is 33.6 Å². The molecule has 1 amide bonds. The molecule has 2 rings (SSSR count). The number of carbonyl (C=O) groups excluding carboxylic acids is 1. The van der Waals surface area contributed by atoms with Crippen molar-refractivity contribution in [1.29, 1.82) is 0 Å². The van der Waals surface area contributed by atoms with Crippen LogP contribution in [0.15, 0.2) is 0 Å². The molecule has 0 aromatic heterocycles. The van der Waals surface area contributed by atoms with Crippen molar-refractivity contribution in [2.24, 2.45) is 11.3 Å². The van der Waals surface area contributed by atoms with Crippen molar-refractivity contribution in [3.05, 3.63) is 0 Å². The van der Waals surface area contributed by atoms with Crippen LogP contribution in [0.2, 0.25) is 0 Å². The summed E-state index contributed by atoms with van der Waals surface area (Å²) < 4.78 is 0. The molecule has 0 saturated carbocycles. The fraction of sp³-hybridized carbons (Fsp3) is 0.923. The molecule has 16 heavy (non-hydrogen) atoms. The van der Waals surface area contributed by atoms with Gasteiger partial charge in [0, 0.05) is 31.0 Å². The zero-order valence-electron chi connectivity index (χ0n) is 10.8. The smallest absolute Gasteiger partial charge is 0.227 e. The Bertz CT molecular complexity index is 258. The van der Waals surface area contributed by atoms with E-state index in [0.717, 1.165) is 19.0 Å². The zero-order chi connectivity index (χ0) is 11.8. The van der Waals surface area contributed by atoms with E-state index in [0.29, 0.717) is 5.91 Å². The topological polar surface area (TPSA) is 23.6 Å². The lowest BCUT2D eigenvalue weighted by molar-refractivity contribution is -0.146. The van der Waals surface area contributed by atoms with Gasteiger partial charge in [0.1, 0.15) is 0 Å². The molecule has 3 nitrogen and oxygen atoms in total. The molecular weight excluding hydrogens is 200 g/mol. The molecule has 0 aliphatic carbocycles. The molecule has 92 valence electrons. The van der Waals surface area contributed by atoms with Crippen molar-refractivity contribution in [3.8, 4) is 0 Å². The Morgan fingerprint density at radius 1 is 1.19 bits per heavy atom. The van der Waals surface area contributed by atoms with Gasteiger partial charge in [-0.1, -0.05) is 20.8 Å². The Morgan fingerprint density at radius 3 is 2.25 bits per heavy atom. The molecule has 2 heterocycles. The molecule has 0 aromatic carbocycles. The normalized spacial score (nSPS) is 23.6. The maximum Gasteiger partial charge on any atom is 0.227 e. The average Bonchev–Trinajstić information content (AvgIpc) is 2.60. The summed E-state index contributed by atoms with van der Waals surface area (Å²) in [6, 6.07) is 0. The Hall–Kier alpha value is -0.570. The lowest BCUT2D eigenvalue weighted by atomic mass is 9.90. The summed E-state index contributed by atoms with van der Waals surface area (Å²) >= 11 is 0. The summed E-state index contributed by atoms with van der Waals surface area (Å²) in [6.07, 6.45) is 2.72. The summed E-state index contributed by atoms with van der Waals surface area (Å²) in [5, 5.41) is 0. The van der Waals surface area contributed by atoms with Gasteiger partial charge in [-0.15, -0.1) is 0 Å². The SMILES string of the molecule is CC(C)(C)C(=O)N1CC(CN2CCCC2)C1. The fourth-order valence-electron chi connectivity index (χ4n) is 2.66. The van der Waals surface area contributed by atoms with E-state index < -0.39 is 0 Å². The molecule has 3 heteroatoms. The van der Waals surface area contributed by atoms with Crippen molar-refractivity contribution in [1.82, 2.24) is 9.80 Å². The molecule has 2 fully saturated rings. The minimum Gasteiger partial charge on any atom is -0.341 e. The molecule has 0 unspecified atom stereocenters. The molecule has 0 spiro atoms. The van der Waals surface area contributed by atoms with Crippen molar-refractivity contribution in [3.63, 3.8) is 0 Å². The number of hydrogen-bond donors (Lipinski definition) is 0. The highest BCUT2D eigenvalue weighted by atomic mass is 16.2. The van der Waals surface area contributed by atoms with E-state index in [9.17, 15) is 4.79 Å². The zero-order valence-corrected chi connectivity index (χ0v) is 10.8. The van der Waals surface area contributed by atoms with Gasteiger partial charge in [-0.3, -0.25) is 4.79 Å². The molecule has 2 aliphatic heterocycles. The van der Waals surface area contributed by atoms with E-state index in [2.05, 4.69) is 4.90 Å². The largest absolute Gasteiger partial charge is 0.341 e. The van der Waals surface area contributed by atoms with Gasteiger partial charge in [0.25, 0.3) is 0 Å². The van der Waals surface area contributed by atoms with Gasteiger partial charge in [-0.25, -0.2) is 0 Å². The van der Waals surface area contributed by atoms with Crippen LogP contribution in [-0.2, 0) is 4.79 Å². The summed E-state index contributed by atoms with van der Waals surface area (Å²) in [4.78, 5) is 16.5. The van der Waals surface area contributed by atoms with E-state index in [1.165, 1.54) is 32.5 Å². The van der Waals surface area contributed by atoms with Gasteiger partial charge in [-0.05, 0) is 25.9 Å². The highest BCUT2D eigenvalue weighted by Crippen LogP contribution is 2.25. The molecule has 0 N–H and O–H groups in total. The molecule has 2 saturated heterocycles. The summed E-state index contributed by atoms with van der Waals surface area (Å²) in [6.45, 7) is 11.7. The van der Waals surface area contributed by atoms with E-state index in [-0.39, 0.29) is 5.41 Å². The first-order valence-electron chi connectivity index (χ1n) is 6.48. The Morgan fingerprint density at radius 2 is 1.75 bits per heavy atom. The first-order valence-corrected chi connectivity index (χ1v) is 6.48. The third-order valence-electron chi connectivity index (χ3n) is 3.60. The average molecular weight is 224 g/mol. The first-order chi connectivity index (χ1) is 7.47. The number of nitrogens with zero attached hydrogens (tertiary/aromatic N) is 2. The predicted octanol–water partition coefficient (Wildman–Crippen LogP) is 1.59. The number of hydrogen-bond acceptors (Lipinski definition) is 2. The third-order valence-corrected chi connectivity index (χ3v) is 3.60. The molecule has 0 aromatic rings. The number of rotatable bonds is 2. The third kappa shape index (κ3) is 2.57. The monoisotopic (exact) mass is 224 g/mol. The summed E-state index contributed by atoms with van der Waals surface area (Å²) in [5.74, 6) is 1.04. The maximum atomic E-state index is 11.9. The van der Waals surface area contributed by atoms with Crippen LogP contribution in [0.3, 0.4) is 0 Å². The van der Waals surface area contributed by atoms with Crippen LogP contribution in [-0.4, -0.2) is 48.4 Å². The lowest BCUT2D eigenvalue weighted by Gasteiger charge is -2.43. The molecule has 0 bridgehead atoms. The number of carbonyl (C=O) groups is 1. The van der Waals surface area contributed by atoms with E-state index in [1.54, 1.807) is 0 Å². The Kier molecular flexibility index (Phi) is 3.24. The second-order valence-electron chi connectivity index (χ2n) is 6.33. The minimum absolute atomic E-state index is 0.210. The summed E-state index contributed by atoms with van der Waals surface area (Å²) in [5.41, 5.74) is -0.210. The standard InChI is InChI=1S/C13H24N2O/c1-13(2,3)12(16)15-9-11(10-15)8-14-6-4-5-7-14/h11H,4-10H2,1-3H3. The Balaban J connectivity index is 1.71. The maximum absolute atomic E-state index is 11.9. The first kappa shape index (κ1) is 11.9. The highest BCUT2D eigenvalue weighted by molar-refractivity contribution is 5.82. The predicted molar refractivity (Wildman–Crippen MR) is 65.2 cm³/mol. The molecule has 0 radical (unpaired) electrons. The lowest BCUT2D eigenvalue weighted by Crippen LogP contribution is -2.56. The second kappa shape index (κ2) is 4.36. The Labute approximate surface area is 98.8 Å². The van der Waals surface area contributed by atoms with Crippen molar-refractivity contribution >= 4 is 5.91 Å². The van der Waals surface area contributed by atoms with Crippen molar-refractivity contribution in [2.45, 2.75) is 33.6 Å². The van der Waals surface area contributed by atoms with E-state index in [1.807, 2.05) is 25.7 Å². The van der Waals surface area contributed by atoms with Crippen molar-refractivity contribution in [2.75, 3.05) is 32.7 Å². The van der Waals surface area contributed by atoms with Crippen LogP contribution < -0.4 is 0 Å². The molecule has 0 atom stereocenters. The van der Waals surface area contributed by atoms with Gasteiger partial charge in [-0.2, -0.15) is 0 Å². The van der Waals surface area contributed by atoms with Crippen LogP contribution in [0.4, 0.5) is 0 Å². The molecule has 2 aliphatic rings. The quantitative estimate of drug-likeness (QED) is 0.711. The second-order valence-corrected chi connectivity index (χ2v) is 6.33. The van der Waals surface area contributed by atoms with Gasteiger partial charge < -0.3 is 9.80 Å².